The average molecular weight is 323 g/mol. The van der Waals surface area contributed by atoms with Crippen LogP contribution in [0.2, 0.25) is 0 Å². The van der Waals surface area contributed by atoms with Gasteiger partial charge in [-0.25, -0.2) is 0 Å². The highest BCUT2D eigenvalue weighted by molar-refractivity contribution is 5.94. The van der Waals surface area contributed by atoms with Gasteiger partial charge in [-0.05, 0) is 55.7 Å². The minimum Gasteiger partial charge on any atom is -0.455 e. The topological polar surface area (TPSA) is 76.4 Å². The number of para-hydroxylation sites is 2. The zero-order valence-corrected chi connectivity index (χ0v) is 13.4. The zero-order chi connectivity index (χ0) is 16.5. The van der Waals surface area contributed by atoms with Crippen molar-refractivity contribution in [2.45, 2.75) is 37.4 Å². The Labute approximate surface area is 141 Å². The summed E-state index contributed by atoms with van der Waals surface area (Å²) in [6, 6.07) is 15.7. The average Bonchev–Trinajstić information content (AvgIpc) is 3.20. The zero-order valence-electron chi connectivity index (χ0n) is 13.4. The molecule has 24 heavy (non-hydrogen) atoms. The lowest BCUT2D eigenvalue weighted by Gasteiger charge is -2.21. The van der Waals surface area contributed by atoms with E-state index in [1.165, 1.54) is 6.42 Å². The summed E-state index contributed by atoms with van der Waals surface area (Å²) < 4.78 is 5.75. The number of fused-ring (bicyclic) bond motifs is 2. The largest absolute Gasteiger partial charge is 0.455 e. The van der Waals surface area contributed by atoms with Gasteiger partial charge >= 0.3 is 0 Å². The second-order valence-electron chi connectivity index (χ2n) is 6.53. The molecule has 2 saturated heterocycles. The fraction of sp³-hybridized carbons (Fsp3) is 0.316. The summed E-state index contributed by atoms with van der Waals surface area (Å²) in [5.41, 5.74) is 7.10. The van der Waals surface area contributed by atoms with E-state index in [0.29, 0.717) is 34.8 Å². The Hall–Kier alpha value is -2.53. The van der Waals surface area contributed by atoms with E-state index in [1.807, 2.05) is 18.2 Å². The van der Waals surface area contributed by atoms with Crippen molar-refractivity contribution in [3.8, 4) is 11.5 Å². The van der Waals surface area contributed by atoms with Gasteiger partial charge in [-0.2, -0.15) is 0 Å². The molecule has 0 spiro atoms. The second-order valence-corrected chi connectivity index (χ2v) is 6.53. The lowest BCUT2D eigenvalue weighted by molar-refractivity contribution is 0.0931. The van der Waals surface area contributed by atoms with Gasteiger partial charge in [0.1, 0.15) is 11.5 Å². The van der Waals surface area contributed by atoms with Gasteiger partial charge < -0.3 is 21.1 Å². The summed E-state index contributed by atoms with van der Waals surface area (Å²) in [5.74, 6) is 1.24. The van der Waals surface area contributed by atoms with Crippen LogP contribution in [0.3, 0.4) is 0 Å². The third-order valence-corrected chi connectivity index (χ3v) is 4.88. The van der Waals surface area contributed by atoms with E-state index in [-0.39, 0.29) is 11.9 Å². The highest BCUT2D eigenvalue weighted by atomic mass is 16.5. The van der Waals surface area contributed by atoms with Crippen LogP contribution in [0, 0.1) is 0 Å². The number of ether oxygens (including phenoxy) is 1. The van der Waals surface area contributed by atoms with Crippen molar-refractivity contribution < 1.29 is 9.53 Å². The molecule has 1 amide bonds. The standard InChI is InChI=1S/C19H21N3O2/c20-15-3-1-2-4-18(15)24-14-8-5-12(6-9-14)19(23)22-17-11-13-7-10-16(17)21-13/h1-6,8-9,13,16-17,21H,7,10-11,20H2,(H,22,23). The monoisotopic (exact) mass is 323 g/mol. The van der Waals surface area contributed by atoms with E-state index in [4.69, 9.17) is 10.5 Å². The SMILES string of the molecule is Nc1ccccc1Oc1ccc(C(=O)NC2CC3CCC2N3)cc1. The van der Waals surface area contributed by atoms with Gasteiger partial charge in [0.05, 0.1) is 5.69 Å². The van der Waals surface area contributed by atoms with Gasteiger partial charge in [0, 0.05) is 23.7 Å². The van der Waals surface area contributed by atoms with E-state index >= 15 is 0 Å². The number of rotatable bonds is 4. The Bertz CT molecular complexity index is 745. The second kappa shape index (κ2) is 6.17. The van der Waals surface area contributed by atoms with E-state index < -0.39 is 0 Å². The molecular formula is C19H21N3O2. The molecule has 2 bridgehead atoms. The van der Waals surface area contributed by atoms with Crippen molar-refractivity contribution in [2.24, 2.45) is 0 Å². The molecule has 2 aliphatic rings. The first kappa shape index (κ1) is 15.0. The van der Waals surface area contributed by atoms with Gasteiger partial charge in [0.15, 0.2) is 0 Å². The highest BCUT2D eigenvalue weighted by Gasteiger charge is 2.39. The van der Waals surface area contributed by atoms with Gasteiger partial charge in [0.25, 0.3) is 5.91 Å². The summed E-state index contributed by atoms with van der Waals surface area (Å²) in [6.45, 7) is 0. The Kier molecular flexibility index (Phi) is 3.86. The molecule has 0 radical (unpaired) electrons. The van der Waals surface area contributed by atoms with Crippen molar-refractivity contribution in [1.29, 1.82) is 0 Å². The number of nitrogen functional groups attached to an aromatic ring is 1. The van der Waals surface area contributed by atoms with Crippen LogP contribution in [-0.2, 0) is 0 Å². The molecule has 3 atom stereocenters. The summed E-state index contributed by atoms with van der Waals surface area (Å²) in [6.07, 6.45) is 3.41. The smallest absolute Gasteiger partial charge is 0.251 e. The molecule has 5 nitrogen and oxygen atoms in total. The summed E-state index contributed by atoms with van der Waals surface area (Å²) in [5, 5.41) is 6.67. The molecule has 0 aromatic heterocycles. The van der Waals surface area contributed by atoms with Crippen LogP contribution >= 0.6 is 0 Å². The minimum absolute atomic E-state index is 0.0277. The molecule has 2 aromatic carbocycles. The van der Waals surface area contributed by atoms with Crippen LogP contribution in [0.5, 0.6) is 11.5 Å². The van der Waals surface area contributed by atoms with Crippen LogP contribution in [-0.4, -0.2) is 24.0 Å². The minimum atomic E-state index is -0.0277. The third-order valence-electron chi connectivity index (χ3n) is 4.88. The maximum Gasteiger partial charge on any atom is 0.251 e. The highest BCUT2D eigenvalue weighted by Crippen LogP contribution is 2.29. The van der Waals surface area contributed by atoms with Gasteiger partial charge in [-0.3, -0.25) is 4.79 Å². The molecule has 124 valence electrons. The maximum absolute atomic E-state index is 12.4. The molecule has 2 fully saturated rings. The molecule has 0 saturated carbocycles. The van der Waals surface area contributed by atoms with Crippen molar-refractivity contribution in [1.82, 2.24) is 10.6 Å². The predicted octanol–water partition coefficient (Wildman–Crippen LogP) is 2.68. The summed E-state index contributed by atoms with van der Waals surface area (Å²) >= 11 is 0. The molecule has 3 unspecified atom stereocenters. The predicted molar refractivity (Wildman–Crippen MR) is 93.2 cm³/mol. The van der Waals surface area contributed by atoms with E-state index in [2.05, 4.69) is 10.6 Å². The van der Waals surface area contributed by atoms with Gasteiger partial charge in [0.2, 0.25) is 0 Å². The van der Waals surface area contributed by atoms with Crippen LogP contribution in [0.1, 0.15) is 29.6 Å². The fourth-order valence-corrected chi connectivity index (χ4v) is 3.61. The third kappa shape index (κ3) is 2.95. The van der Waals surface area contributed by atoms with Gasteiger partial charge in [-0.15, -0.1) is 0 Å². The number of amides is 1. The number of hydrogen-bond acceptors (Lipinski definition) is 4. The number of carbonyl (C=O) groups is 1. The molecular weight excluding hydrogens is 302 g/mol. The number of hydrogen-bond donors (Lipinski definition) is 3. The molecule has 0 aliphatic carbocycles. The number of carbonyl (C=O) groups excluding carboxylic acids is 1. The first-order valence-electron chi connectivity index (χ1n) is 8.38. The van der Waals surface area contributed by atoms with E-state index in [1.54, 1.807) is 30.3 Å². The maximum atomic E-state index is 12.4. The van der Waals surface area contributed by atoms with Crippen molar-refractivity contribution in [2.75, 3.05) is 5.73 Å². The van der Waals surface area contributed by atoms with Crippen molar-refractivity contribution in [3.05, 3.63) is 54.1 Å². The first-order chi connectivity index (χ1) is 11.7. The quantitative estimate of drug-likeness (QED) is 0.756. The number of benzene rings is 2. The van der Waals surface area contributed by atoms with Crippen LogP contribution in [0.4, 0.5) is 5.69 Å². The van der Waals surface area contributed by atoms with Crippen LogP contribution < -0.4 is 21.1 Å². The molecule has 4 rings (SSSR count). The van der Waals surface area contributed by atoms with E-state index in [9.17, 15) is 4.79 Å². The molecule has 4 N–H and O–H groups in total. The number of nitrogens with one attached hydrogen (secondary N) is 2. The van der Waals surface area contributed by atoms with Gasteiger partial charge in [-0.1, -0.05) is 12.1 Å². The number of nitrogens with two attached hydrogens (primary N) is 1. The summed E-state index contributed by atoms with van der Waals surface area (Å²) in [7, 11) is 0. The Balaban J connectivity index is 1.40. The normalized spacial score (nSPS) is 24.8. The summed E-state index contributed by atoms with van der Waals surface area (Å²) in [4.78, 5) is 12.4. The lowest BCUT2D eigenvalue weighted by Crippen LogP contribution is -2.42. The van der Waals surface area contributed by atoms with Crippen molar-refractivity contribution >= 4 is 11.6 Å². The van der Waals surface area contributed by atoms with E-state index in [0.717, 1.165) is 12.8 Å². The van der Waals surface area contributed by atoms with Crippen LogP contribution in [0.25, 0.3) is 0 Å². The molecule has 2 aromatic rings. The fourth-order valence-electron chi connectivity index (χ4n) is 3.61. The molecule has 2 aliphatic heterocycles. The number of anilines is 1. The lowest BCUT2D eigenvalue weighted by atomic mass is 9.95. The molecule has 2 heterocycles. The Morgan fingerprint density at radius 2 is 1.92 bits per heavy atom. The Morgan fingerprint density at radius 1 is 1.12 bits per heavy atom. The first-order valence-corrected chi connectivity index (χ1v) is 8.38. The Morgan fingerprint density at radius 3 is 2.58 bits per heavy atom. The van der Waals surface area contributed by atoms with Crippen molar-refractivity contribution in [3.63, 3.8) is 0 Å². The van der Waals surface area contributed by atoms with Crippen LogP contribution in [0.15, 0.2) is 48.5 Å². The molecule has 5 heteroatoms.